The third-order valence-electron chi connectivity index (χ3n) is 3.09. The maximum Gasteiger partial charge on any atom is 0.264 e. The Kier molecular flexibility index (Phi) is 3.39. The molecule has 0 fully saturated rings. The predicted octanol–water partition coefficient (Wildman–Crippen LogP) is 2.75. The van der Waals surface area contributed by atoms with Crippen molar-refractivity contribution < 1.29 is 0 Å². The van der Waals surface area contributed by atoms with Gasteiger partial charge in [-0.05, 0) is 24.6 Å². The Morgan fingerprint density at radius 1 is 1.25 bits per heavy atom. The number of thiazole rings is 1. The van der Waals surface area contributed by atoms with Crippen molar-refractivity contribution in [2.45, 2.75) is 13.5 Å². The maximum absolute atomic E-state index is 11.1. The smallest absolute Gasteiger partial charge is 0.264 e. The molecule has 0 bridgehead atoms. The fraction of sp³-hybridized carbons (Fsp3) is 0.143. The summed E-state index contributed by atoms with van der Waals surface area (Å²) in [5, 5.41) is 8.73. The van der Waals surface area contributed by atoms with Crippen molar-refractivity contribution in [3.8, 4) is 11.3 Å². The molecular weight excluding hydrogens is 272 g/mol. The first-order valence-corrected chi connectivity index (χ1v) is 7.11. The summed E-state index contributed by atoms with van der Waals surface area (Å²) in [5.74, 6) is 0. The molecule has 0 amide bonds. The van der Waals surface area contributed by atoms with Crippen LogP contribution in [0.2, 0.25) is 0 Å². The second-order valence-corrected chi connectivity index (χ2v) is 5.40. The molecule has 3 aromatic rings. The first-order valence-electron chi connectivity index (χ1n) is 6.23. The van der Waals surface area contributed by atoms with Crippen LogP contribution in [0, 0.1) is 6.92 Å². The molecule has 3 N–H and O–H groups in total. The van der Waals surface area contributed by atoms with Crippen molar-refractivity contribution in [2.24, 2.45) is 0 Å². The summed E-state index contributed by atoms with van der Waals surface area (Å²) >= 11 is 1.65. The second kappa shape index (κ2) is 5.34. The molecule has 0 spiro atoms. The third kappa shape index (κ3) is 2.65. The zero-order valence-electron chi connectivity index (χ0n) is 10.9. The Labute approximate surface area is 119 Å². The van der Waals surface area contributed by atoms with E-state index in [9.17, 15) is 4.79 Å². The van der Waals surface area contributed by atoms with Crippen LogP contribution in [0.5, 0.6) is 0 Å². The fourth-order valence-electron chi connectivity index (χ4n) is 1.93. The highest BCUT2D eigenvalue weighted by Gasteiger charge is 2.03. The van der Waals surface area contributed by atoms with Gasteiger partial charge in [0, 0.05) is 16.6 Å². The SMILES string of the molecule is Cc1ncsc1CNc1ccc(-c2cc(=O)[nH][nH]2)cc1. The largest absolute Gasteiger partial charge is 0.380 e. The Balaban J connectivity index is 1.70. The average molecular weight is 286 g/mol. The van der Waals surface area contributed by atoms with Crippen molar-refractivity contribution >= 4 is 17.0 Å². The Morgan fingerprint density at radius 2 is 2.05 bits per heavy atom. The molecule has 2 heterocycles. The van der Waals surface area contributed by atoms with E-state index >= 15 is 0 Å². The zero-order valence-corrected chi connectivity index (χ0v) is 11.8. The van der Waals surface area contributed by atoms with Gasteiger partial charge < -0.3 is 5.32 Å². The minimum absolute atomic E-state index is 0.122. The van der Waals surface area contributed by atoms with Crippen LogP contribution in [0.3, 0.4) is 0 Å². The molecular formula is C14H14N4OS. The molecule has 3 rings (SSSR count). The van der Waals surface area contributed by atoms with E-state index in [1.165, 1.54) is 4.88 Å². The van der Waals surface area contributed by atoms with Crippen LogP contribution in [-0.4, -0.2) is 15.2 Å². The summed E-state index contributed by atoms with van der Waals surface area (Å²) in [6, 6.07) is 9.49. The molecule has 0 saturated carbocycles. The summed E-state index contributed by atoms with van der Waals surface area (Å²) in [7, 11) is 0. The summed E-state index contributed by atoms with van der Waals surface area (Å²) in [6.07, 6.45) is 0. The van der Waals surface area contributed by atoms with Gasteiger partial charge in [0.1, 0.15) is 0 Å². The standard InChI is InChI=1S/C14H14N4OS/c1-9-13(20-8-16-9)7-15-11-4-2-10(3-5-11)12-6-14(19)18-17-12/h2-6,8,15H,7H2,1H3,(H2,17,18,19). The molecule has 0 atom stereocenters. The quantitative estimate of drug-likeness (QED) is 0.690. The highest BCUT2D eigenvalue weighted by molar-refractivity contribution is 7.09. The highest BCUT2D eigenvalue weighted by atomic mass is 32.1. The van der Waals surface area contributed by atoms with Crippen LogP contribution in [0.15, 0.2) is 40.6 Å². The van der Waals surface area contributed by atoms with Gasteiger partial charge in [0.15, 0.2) is 0 Å². The summed E-state index contributed by atoms with van der Waals surface area (Å²) in [6.45, 7) is 2.79. The molecule has 1 aromatic carbocycles. The number of aromatic nitrogens is 3. The molecule has 0 saturated heterocycles. The van der Waals surface area contributed by atoms with E-state index in [2.05, 4.69) is 20.5 Å². The molecule has 102 valence electrons. The topological polar surface area (TPSA) is 73.6 Å². The summed E-state index contributed by atoms with van der Waals surface area (Å²) < 4.78 is 0. The number of H-pyrrole nitrogens is 2. The van der Waals surface area contributed by atoms with E-state index in [1.807, 2.05) is 36.7 Å². The number of anilines is 1. The lowest BCUT2D eigenvalue weighted by Crippen LogP contribution is -1.98. The molecule has 0 aliphatic carbocycles. The molecule has 0 unspecified atom stereocenters. The van der Waals surface area contributed by atoms with Crippen LogP contribution in [-0.2, 0) is 6.54 Å². The van der Waals surface area contributed by atoms with Gasteiger partial charge in [-0.1, -0.05) is 12.1 Å². The lowest BCUT2D eigenvalue weighted by Gasteiger charge is -2.06. The van der Waals surface area contributed by atoms with Crippen molar-refractivity contribution in [2.75, 3.05) is 5.32 Å². The number of rotatable bonds is 4. The normalized spacial score (nSPS) is 10.7. The van der Waals surface area contributed by atoms with E-state index in [4.69, 9.17) is 0 Å². The number of hydrogen-bond donors (Lipinski definition) is 3. The lowest BCUT2D eigenvalue weighted by atomic mass is 10.1. The van der Waals surface area contributed by atoms with Gasteiger partial charge in [-0.3, -0.25) is 15.0 Å². The second-order valence-electron chi connectivity index (χ2n) is 4.46. The van der Waals surface area contributed by atoms with Crippen molar-refractivity contribution in [3.63, 3.8) is 0 Å². The van der Waals surface area contributed by atoms with Gasteiger partial charge in [-0.25, -0.2) is 4.98 Å². The molecule has 2 aromatic heterocycles. The summed E-state index contributed by atoms with van der Waals surface area (Å²) in [5.41, 5.74) is 5.62. The van der Waals surface area contributed by atoms with Crippen LogP contribution < -0.4 is 10.9 Å². The monoisotopic (exact) mass is 286 g/mol. The molecule has 0 aliphatic rings. The molecule has 0 aliphatic heterocycles. The molecule has 5 nitrogen and oxygen atoms in total. The van der Waals surface area contributed by atoms with Gasteiger partial charge >= 0.3 is 0 Å². The van der Waals surface area contributed by atoms with Crippen LogP contribution in [0.1, 0.15) is 10.6 Å². The fourth-order valence-corrected chi connectivity index (χ4v) is 2.65. The Hall–Kier alpha value is -2.34. The minimum Gasteiger partial charge on any atom is -0.380 e. The highest BCUT2D eigenvalue weighted by Crippen LogP contribution is 2.19. The Bertz CT molecular complexity index is 754. The number of nitrogens with one attached hydrogen (secondary N) is 3. The molecule has 6 heteroatoms. The number of nitrogens with zero attached hydrogens (tertiary/aromatic N) is 1. The molecule has 20 heavy (non-hydrogen) atoms. The van der Waals surface area contributed by atoms with Crippen molar-refractivity contribution in [1.29, 1.82) is 0 Å². The number of aryl methyl sites for hydroxylation is 1. The van der Waals surface area contributed by atoms with E-state index in [0.717, 1.165) is 29.2 Å². The van der Waals surface area contributed by atoms with Crippen molar-refractivity contribution in [3.05, 3.63) is 56.8 Å². The van der Waals surface area contributed by atoms with Gasteiger partial charge in [-0.2, -0.15) is 0 Å². The first-order chi connectivity index (χ1) is 9.72. The van der Waals surface area contributed by atoms with E-state index < -0.39 is 0 Å². The van der Waals surface area contributed by atoms with Gasteiger partial charge in [0.05, 0.1) is 23.4 Å². The summed E-state index contributed by atoms with van der Waals surface area (Å²) in [4.78, 5) is 16.6. The van der Waals surface area contributed by atoms with Gasteiger partial charge in [-0.15, -0.1) is 11.3 Å². The number of aromatic amines is 2. The average Bonchev–Trinajstić information content (AvgIpc) is 3.06. The van der Waals surface area contributed by atoms with Crippen LogP contribution in [0.4, 0.5) is 5.69 Å². The van der Waals surface area contributed by atoms with E-state index in [0.29, 0.717) is 0 Å². The number of hydrogen-bond acceptors (Lipinski definition) is 4. The maximum atomic E-state index is 11.1. The van der Waals surface area contributed by atoms with Crippen LogP contribution in [0.25, 0.3) is 11.3 Å². The minimum atomic E-state index is -0.122. The molecule has 0 radical (unpaired) electrons. The van der Waals surface area contributed by atoms with Crippen LogP contribution >= 0.6 is 11.3 Å². The van der Waals surface area contributed by atoms with Gasteiger partial charge in [0.2, 0.25) is 0 Å². The Morgan fingerprint density at radius 3 is 2.65 bits per heavy atom. The van der Waals surface area contributed by atoms with E-state index in [-0.39, 0.29) is 5.56 Å². The predicted molar refractivity (Wildman–Crippen MR) is 81.0 cm³/mol. The zero-order chi connectivity index (χ0) is 13.9. The van der Waals surface area contributed by atoms with E-state index in [1.54, 1.807) is 17.4 Å². The van der Waals surface area contributed by atoms with Gasteiger partial charge in [0.25, 0.3) is 5.56 Å². The van der Waals surface area contributed by atoms with Crippen molar-refractivity contribution in [1.82, 2.24) is 15.2 Å². The lowest BCUT2D eigenvalue weighted by molar-refractivity contribution is 1.06. The first kappa shape index (κ1) is 12.7. The third-order valence-corrected chi connectivity index (χ3v) is 4.02. The number of benzene rings is 1.